The van der Waals surface area contributed by atoms with Crippen molar-refractivity contribution in [3.8, 4) is 0 Å². The first-order chi connectivity index (χ1) is 9.41. The fraction of sp³-hybridized carbons (Fsp3) is 0.462. The van der Waals surface area contributed by atoms with Crippen LogP contribution < -0.4 is 5.14 Å². The number of aliphatic hydroxyl groups excluding tert-OH is 1. The van der Waals surface area contributed by atoms with Crippen molar-refractivity contribution >= 4 is 16.0 Å². The lowest BCUT2D eigenvalue weighted by atomic mass is 10.0. The molecule has 7 nitrogen and oxygen atoms in total. The number of nitrogens with two attached hydrogens (primary N) is 1. The van der Waals surface area contributed by atoms with Gasteiger partial charge in [-0.2, -0.15) is 0 Å². The van der Waals surface area contributed by atoms with E-state index in [1.54, 1.807) is 0 Å². The van der Waals surface area contributed by atoms with Gasteiger partial charge in [-0.25, -0.2) is 18.4 Å². The van der Waals surface area contributed by atoms with Crippen LogP contribution in [0.15, 0.2) is 30.3 Å². The predicted octanol–water partition coefficient (Wildman–Crippen LogP) is -0.234. The predicted molar refractivity (Wildman–Crippen MR) is 77.6 cm³/mol. The summed E-state index contributed by atoms with van der Waals surface area (Å²) in [5, 5.41) is 23.1. The SMILES string of the molecule is CC(C)(O)[C@@H](O)C(=O)OCc1ccccc1.CS(N)(=O)=O. The quantitative estimate of drug-likeness (QED) is 0.658. The molecular weight excluding hydrogens is 298 g/mol. The van der Waals surface area contributed by atoms with E-state index in [-0.39, 0.29) is 6.61 Å². The third-order valence-corrected chi connectivity index (χ3v) is 2.12. The fourth-order valence-electron chi connectivity index (χ4n) is 1.10. The molecule has 120 valence electrons. The van der Waals surface area contributed by atoms with Crippen LogP contribution in [0.25, 0.3) is 0 Å². The van der Waals surface area contributed by atoms with E-state index >= 15 is 0 Å². The summed E-state index contributed by atoms with van der Waals surface area (Å²) >= 11 is 0. The number of sulfonamides is 1. The van der Waals surface area contributed by atoms with E-state index in [4.69, 9.17) is 4.74 Å². The number of rotatable bonds is 4. The van der Waals surface area contributed by atoms with Gasteiger partial charge in [0.15, 0.2) is 6.10 Å². The van der Waals surface area contributed by atoms with Gasteiger partial charge >= 0.3 is 5.97 Å². The fourth-order valence-corrected chi connectivity index (χ4v) is 1.10. The number of ether oxygens (including phenoxy) is 1. The van der Waals surface area contributed by atoms with Crippen molar-refractivity contribution in [1.82, 2.24) is 0 Å². The maximum atomic E-state index is 11.3. The molecule has 4 N–H and O–H groups in total. The molecule has 1 aromatic carbocycles. The number of carbonyl (C=O) groups excluding carboxylic acids is 1. The summed E-state index contributed by atoms with van der Waals surface area (Å²) < 4.78 is 23.7. The highest BCUT2D eigenvalue weighted by Gasteiger charge is 2.32. The zero-order chi connectivity index (χ0) is 16.7. The van der Waals surface area contributed by atoms with E-state index in [2.05, 4.69) is 5.14 Å². The Morgan fingerprint density at radius 1 is 1.33 bits per heavy atom. The Balaban J connectivity index is 0.000000690. The van der Waals surface area contributed by atoms with Crippen molar-refractivity contribution in [2.75, 3.05) is 6.26 Å². The lowest BCUT2D eigenvalue weighted by Crippen LogP contribution is -2.42. The number of benzene rings is 1. The summed E-state index contributed by atoms with van der Waals surface area (Å²) in [7, 11) is -3.17. The number of carbonyl (C=O) groups is 1. The second-order valence-electron chi connectivity index (χ2n) is 4.98. The summed E-state index contributed by atoms with van der Waals surface area (Å²) in [4.78, 5) is 11.3. The minimum absolute atomic E-state index is 0.0901. The van der Waals surface area contributed by atoms with Crippen LogP contribution in [0.5, 0.6) is 0 Å². The summed E-state index contributed by atoms with van der Waals surface area (Å²) in [5.41, 5.74) is -0.660. The number of esters is 1. The number of hydrogen-bond donors (Lipinski definition) is 3. The molecule has 0 saturated heterocycles. The van der Waals surface area contributed by atoms with Crippen molar-refractivity contribution < 1.29 is 28.2 Å². The van der Waals surface area contributed by atoms with Crippen molar-refractivity contribution in [3.05, 3.63) is 35.9 Å². The van der Waals surface area contributed by atoms with Gasteiger partial charge in [-0.05, 0) is 19.4 Å². The van der Waals surface area contributed by atoms with Crippen molar-refractivity contribution in [2.45, 2.75) is 32.2 Å². The second kappa shape index (κ2) is 8.08. The Morgan fingerprint density at radius 3 is 2.14 bits per heavy atom. The molecular formula is C13H21NO6S. The van der Waals surface area contributed by atoms with Gasteiger partial charge in [-0.3, -0.25) is 0 Å². The van der Waals surface area contributed by atoms with Crippen LogP contribution >= 0.6 is 0 Å². The Hall–Kier alpha value is -1.48. The number of hydrogen-bond acceptors (Lipinski definition) is 6. The average molecular weight is 319 g/mol. The van der Waals surface area contributed by atoms with E-state index in [1.165, 1.54) is 13.8 Å². The van der Waals surface area contributed by atoms with Gasteiger partial charge in [-0.1, -0.05) is 30.3 Å². The highest BCUT2D eigenvalue weighted by molar-refractivity contribution is 7.88. The Labute approximate surface area is 124 Å². The molecule has 0 saturated carbocycles. The average Bonchev–Trinajstić information content (AvgIpc) is 2.33. The Bertz CT molecular complexity index is 528. The molecule has 0 bridgehead atoms. The third kappa shape index (κ3) is 10.9. The molecule has 0 radical (unpaired) electrons. The first kappa shape index (κ1) is 19.5. The van der Waals surface area contributed by atoms with E-state index < -0.39 is 27.7 Å². The monoisotopic (exact) mass is 319 g/mol. The van der Waals surface area contributed by atoms with Crippen LogP contribution in [-0.4, -0.2) is 42.6 Å². The molecule has 0 aliphatic heterocycles. The number of aliphatic hydroxyl groups is 2. The van der Waals surface area contributed by atoms with Crippen LogP contribution in [0.2, 0.25) is 0 Å². The Kier molecular flexibility index (Phi) is 7.51. The van der Waals surface area contributed by atoms with Crippen molar-refractivity contribution in [3.63, 3.8) is 0 Å². The van der Waals surface area contributed by atoms with Crippen LogP contribution in [0.1, 0.15) is 19.4 Å². The second-order valence-corrected chi connectivity index (χ2v) is 6.64. The van der Waals surface area contributed by atoms with E-state index in [0.717, 1.165) is 11.8 Å². The number of primary sulfonamides is 1. The third-order valence-electron chi connectivity index (χ3n) is 2.12. The maximum absolute atomic E-state index is 11.3. The molecule has 0 heterocycles. The molecule has 21 heavy (non-hydrogen) atoms. The molecule has 0 amide bonds. The molecule has 0 spiro atoms. The minimum atomic E-state index is -3.17. The molecule has 0 fully saturated rings. The Morgan fingerprint density at radius 2 is 1.76 bits per heavy atom. The normalized spacial score (nSPS) is 12.9. The topological polar surface area (TPSA) is 127 Å². The van der Waals surface area contributed by atoms with E-state index in [0.29, 0.717) is 0 Å². The van der Waals surface area contributed by atoms with E-state index in [1.807, 2.05) is 30.3 Å². The lowest BCUT2D eigenvalue weighted by molar-refractivity contribution is -0.167. The summed E-state index contributed by atoms with van der Waals surface area (Å²) in [6, 6.07) is 9.13. The highest BCUT2D eigenvalue weighted by Crippen LogP contribution is 2.11. The smallest absolute Gasteiger partial charge is 0.338 e. The molecule has 0 aliphatic rings. The molecule has 8 heteroatoms. The van der Waals surface area contributed by atoms with Crippen LogP contribution in [0.3, 0.4) is 0 Å². The standard InChI is InChI=1S/C12H16O4.CH5NO2S/c1-12(2,15)10(13)11(14)16-8-9-6-4-3-5-7-9;1-5(2,3)4/h3-7,10,13,15H,8H2,1-2H3;1H3,(H2,2,3,4)/t10-;/m0./s1. The lowest BCUT2D eigenvalue weighted by Gasteiger charge is -2.22. The summed E-state index contributed by atoms with van der Waals surface area (Å²) in [6.07, 6.45) is -0.594. The summed E-state index contributed by atoms with van der Waals surface area (Å²) in [5.74, 6) is -0.823. The summed E-state index contributed by atoms with van der Waals surface area (Å²) in [6.45, 7) is 2.79. The maximum Gasteiger partial charge on any atom is 0.338 e. The molecule has 0 aromatic heterocycles. The van der Waals surface area contributed by atoms with Gasteiger partial charge in [0, 0.05) is 0 Å². The van der Waals surface area contributed by atoms with Gasteiger partial charge in [0.2, 0.25) is 10.0 Å². The van der Waals surface area contributed by atoms with Crippen LogP contribution in [0, 0.1) is 0 Å². The van der Waals surface area contributed by atoms with Gasteiger partial charge in [-0.15, -0.1) is 0 Å². The minimum Gasteiger partial charge on any atom is -0.459 e. The van der Waals surface area contributed by atoms with Gasteiger partial charge in [0.25, 0.3) is 0 Å². The molecule has 0 aliphatic carbocycles. The highest BCUT2D eigenvalue weighted by atomic mass is 32.2. The largest absolute Gasteiger partial charge is 0.459 e. The zero-order valence-electron chi connectivity index (χ0n) is 12.2. The molecule has 1 rings (SSSR count). The molecule has 0 unspecified atom stereocenters. The van der Waals surface area contributed by atoms with E-state index in [9.17, 15) is 23.4 Å². The van der Waals surface area contributed by atoms with Crippen molar-refractivity contribution in [1.29, 1.82) is 0 Å². The van der Waals surface area contributed by atoms with Crippen LogP contribution in [0.4, 0.5) is 0 Å². The first-order valence-electron chi connectivity index (χ1n) is 6.00. The van der Waals surface area contributed by atoms with Crippen LogP contribution in [-0.2, 0) is 26.2 Å². The zero-order valence-corrected chi connectivity index (χ0v) is 13.0. The first-order valence-corrected chi connectivity index (χ1v) is 7.95. The van der Waals surface area contributed by atoms with Gasteiger partial charge in [0.05, 0.1) is 11.9 Å². The molecule has 1 aromatic rings. The van der Waals surface area contributed by atoms with Crippen molar-refractivity contribution in [2.24, 2.45) is 5.14 Å². The van der Waals surface area contributed by atoms with Gasteiger partial charge in [0.1, 0.15) is 6.61 Å². The van der Waals surface area contributed by atoms with Gasteiger partial charge < -0.3 is 14.9 Å². The molecule has 1 atom stereocenters.